The second-order valence-electron chi connectivity index (χ2n) is 4.42. The van der Waals surface area contributed by atoms with Gasteiger partial charge in [-0.3, -0.25) is 4.79 Å². The van der Waals surface area contributed by atoms with Crippen LogP contribution in [0.4, 0.5) is 5.69 Å². The molecule has 1 fully saturated rings. The molecular formula is C13H14Br2N2OS2. The van der Waals surface area contributed by atoms with Crippen LogP contribution < -0.4 is 5.32 Å². The summed E-state index contributed by atoms with van der Waals surface area (Å²) >= 11 is 13.6. The highest BCUT2D eigenvalue weighted by atomic mass is 79.9. The highest BCUT2D eigenvalue weighted by molar-refractivity contribution is 9.11. The molecule has 0 unspecified atom stereocenters. The van der Waals surface area contributed by atoms with Gasteiger partial charge in [0.1, 0.15) is 4.32 Å². The Bertz CT molecular complexity index is 519. The minimum Gasteiger partial charge on any atom is -0.358 e. The van der Waals surface area contributed by atoms with E-state index in [1.165, 1.54) is 24.6 Å². The van der Waals surface area contributed by atoms with E-state index in [0.29, 0.717) is 5.75 Å². The first kappa shape index (κ1) is 16.3. The number of hydrogen-bond donors (Lipinski definition) is 1. The zero-order chi connectivity index (χ0) is 14.5. The average molecular weight is 438 g/mol. The van der Waals surface area contributed by atoms with E-state index in [9.17, 15) is 4.79 Å². The highest BCUT2D eigenvalue weighted by Crippen LogP contribution is 2.26. The lowest BCUT2D eigenvalue weighted by molar-refractivity contribution is -0.113. The van der Waals surface area contributed by atoms with Crippen molar-refractivity contribution in [3.05, 3.63) is 27.1 Å². The Balaban J connectivity index is 1.81. The number of benzene rings is 1. The van der Waals surface area contributed by atoms with Gasteiger partial charge in [-0.15, -0.1) is 0 Å². The molecule has 20 heavy (non-hydrogen) atoms. The van der Waals surface area contributed by atoms with E-state index in [-0.39, 0.29) is 5.91 Å². The van der Waals surface area contributed by atoms with E-state index < -0.39 is 0 Å². The number of amides is 1. The number of carbonyl (C=O) groups excluding carboxylic acids is 1. The minimum atomic E-state index is -0.0421. The van der Waals surface area contributed by atoms with Crippen LogP contribution in [0.2, 0.25) is 0 Å². The van der Waals surface area contributed by atoms with Crippen molar-refractivity contribution in [2.75, 3.05) is 24.2 Å². The van der Waals surface area contributed by atoms with Gasteiger partial charge in [0.15, 0.2) is 0 Å². The molecule has 0 spiro atoms. The van der Waals surface area contributed by atoms with Crippen LogP contribution in [-0.2, 0) is 4.79 Å². The Hall–Kier alpha value is -0.110. The van der Waals surface area contributed by atoms with E-state index in [4.69, 9.17) is 12.2 Å². The molecule has 0 saturated carbocycles. The fraction of sp³-hybridized carbons (Fsp3) is 0.385. The molecule has 0 radical (unpaired) electrons. The van der Waals surface area contributed by atoms with Crippen molar-refractivity contribution >= 4 is 71.8 Å². The first-order valence-electron chi connectivity index (χ1n) is 6.23. The quantitative estimate of drug-likeness (QED) is 0.715. The van der Waals surface area contributed by atoms with Crippen LogP contribution in [0.3, 0.4) is 0 Å². The number of likely N-dealkylation sites (tertiary alicyclic amines) is 1. The van der Waals surface area contributed by atoms with Crippen LogP contribution in [0.15, 0.2) is 27.1 Å². The smallest absolute Gasteiger partial charge is 0.234 e. The third-order valence-electron chi connectivity index (χ3n) is 2.90. The molecular weight excluding hydrogens is 424 g/mol. The van der Waals surface area contributed by atoms with Crippen LogP contribution in [0, 0.1) is 0 Å². The monoisotopic (exact) mass is 436 g/mol. The third kappa shape index (κ3) is 4.72. The summed E-state index contributed by atoms with van der Waals surface area (Å²) in [6.45, 7) is 2.04. The Labute approximate surface area is 145 Å². The Morgan fingerprint density at radius 1 is 1.35 bits per heavy atom. The number of nitrogens with one attached hydrogen (secondary N) is 1. The molecule has 3 nitrogen and oxygen atoms in total. The lowest BCUT2D eigenvalue weighted by Crippen LogP contribution is -2.25. The van der Waals surface area contributed by atoms with Crippen molar-refractivity contribution < 1.29 is 4.79 Å². The lowest BCUT2D eigenvalue weighted by atomic mass is 10.3. The molecule has 1 aromatic rings. The second kappa shape index (κ2) is 7.77. The Morgan fingerprint density at radius 3 is 2.70 bits per heavy atom. The standard InChI is InChI=1S/C13H14Br2N2OS2/c14-9-3-4-11(10(15)7-9)16-12(18)8-20-13(19)17-5-1-2-6-17/h3-4,7H,1-2,5-6,8H2,(H,16,18). The number of rotatable bonds is 3. The van der Waals surface area contributed by atoms with Gasteiger partial charge in [-0.2, -0.15) is 0 Å². The van der Waals surface area contributed by atoms with Crippen molar-refractivity contribution in [1.29, 1.82) is 0 Å². The number of thiocarbonyl (C=S) groups is 1. The van der Waals surface area contributed by atoms with Gasteiger partial charge in [-0.1, -0.05) is 39.9 Å². The van der Waals surface area contributed by atoms with E-state index >= 15 is 0 Å². The van der Waals surface area contributed by atoms with Gasteiger partial charge in [0.25, 0.3) is 0 Å². The van der Waals surface area contributed by atoms with E-state index in [2.05, 4.69) is 42.1 Å². The first-order chi connectivity index (χ1) is 9.56. The molecule has 0 bridgehead atoms. The van der Waals surface area contributed by atoms with Crippen LogP contribution in [0.25, 0.3) is 0 Å². The summed E-state index contributed by atoms with van der Waals surface area (Å²) in [4.78, 5) is 14.1. The van der Waals surface area contributed by atoms with E-state index in [0.717, 1.165) is 32.0 Å². The van der Waals surface area contributed by atoms with Crippen molar-refractivity contribution in [3.8, 4) is 0 Å². The molecule has 1 aliphatic heterocycles. The fourth-order valence-corrected chi connectivity index (χ4v) is 4.09. The summed E-state index contributed by atoms with van der Waals surface area (Å²) in [5, 5.41) is 2.88. The number of carbonyl (C=O) groups is 1. The maximum atomic E-state index is 11.9. The summed E-state index contributed by atoms with van der Waals surface area (Å²) in [5.41, 5.74) is 0.769. The number of anilines is 1. The Kier molecular flexibility index (Phi) is 6.32. The molecule has 1 heterocycles. The topological polar surface area (TPSA) is 32.3 Å². The number of halogens is 2. The predicted molar refractivity (Wildman–Crippen MR) is 96.3 cm³/mol. The van der Waals surface area contributed by atoms with Gasteiger partial charge in [0.2, 0.25) is 5.91 Å². The first-order valence-corrected chi connectivity index (χ1v) is 9.21. The molecule has 1 amide bonds. The molecule has 0 atom stereocenters. The summed E-state index contributed by atoms with van der Waals surface area (Å²) < 4.78 is 2.65. The molecule has 2 rings (SSSR count). The third-order valence-corrected chi connectivity index (χ3v) is 5.57. The maximum absolute atomic E-state index is 11.9. The van der Waals surface area contributed by atoms with Crippen LogP contribution >= 0.6 is 55.8 Å². The molecule has 0 aliphatic carbocycles. The van der Waals surface area contributed by atoms with Crippen molar-refractivity contribution in [2.24, 2.45) is 0 Å². The lowest BCUT2D eigenvalue weighted by Gasteiger charge is -2.17. The van der Waals surface area contributed by atoms with E-state index in [1.807, 2.05) is 18.2 Å². The van der Waals surface area contributed by atoms with Crippen LogP contribution in [0.5, 0.6) is 0 Å². The summed E-state index contributed by atoms with van der Waals surface area (Å²) in [6.07, 6.45) is 2.39. The molecule has 1 N–H and O–H groups in total. The van der Waals surface area contributed by atoms with Gasteiger partial charge in [0, 0.05) is 22.0 Å². The largest absolute Gasteiger partial charge is 0.358 e. The number of hydrogen-bond acceptors (Lipinski definition) is 3. The van der Waals surface area contributed by atoms with Crippen LogP contribution in [0.1, 0.15) is 12.8 Å². The van der Waals surface area contributed by atoms with Gasteiger partial charge in [0.05, 0.1) is 11.4 Å². The zero-order valence-electron chi connectivity index (χ0n) is 10.7. The normalized spacial score (nSPS) is 14.4. The highest BCUT2D eigenvalue weighted by Gasteiger charge is 2.16. The number of thioether (sulfide) groups is 1. The molecule has 0 aromatic heterocycles. The predicted octanol–water partition coefficient (Wildman–Crippen LogP) is 4.26. The summed E-state index contributed by atoms with van der Waals surface area (Å²) in [7, 11) is 0. The fourth-order valence-electron chi connectivity index (χ4n) is 1.90. The van der Waals surface area contributed by atoms with Gasteiger partial charge >= 0.3 is 0 Å². The molecule has 7 heteroatoms. The van der Waals surface area contributed by atoms with Crippen LogP contribution in [-0.4, -0.2) is 34.0 Å². The van der Waals surface area contributed by atoms with E-state index in [1.54, 1.807) is 0 Å². The number of nitrogens with zero attached hydrogens (tertiary/aromatic N) is 1. The molecule has 108 valence electrons. The zero-order valence-corrected chi connectivity index (χ0v) is 15.5. The molecule has 1 aromatic carbocycles. The van der Waals surface area contributed by atoms with Gasteiger partial charge in [-0.05, 0) is 47.0 Å². The summed E-state index contributed by atoms with van der Waals surface area (Å²) in [6, 6.07) is 5.65. The van der Waals surface area contributed by atoms with Gasteiger partial charge < -0.3 is 10.2 Å². The van der Waals surface area contributed by atoms with Crippen molar-refractivity contribution in [3.63, 3.8) is 0 Å². The molecule has 1 saturated heterocycles. The van der Waals surface area contributed by atoms with Crippen molar-refractivity contribution in [2.45, 2.75) is 12.8 Å². The average Bonchev–Trinajstić information content (AvgIpc) is 2.93. The second-order valence-corrected chi connectivity index (χ2v) is 7.80. The maximum Gasteiger partial charge on any atom is 0.234 e. The minimum absolute atomic E-state index is 0.0421. The molecule has 1 aliphatic rings. The SMILES string of the molecule is O=C(CSC(=S)N1CCCC1)Nc1ccc(Br)cc1Br. The summed E-state index contributed by atoms with van der Waals surface area (Å²) in [5.74, 6) is 0.303. The Morgan fingerprint density at radius 2 is 2.05 bits per heavy atom. The van der Waals surface area contributed by atoms with Gasteiger partial charge in [-0.25, -0.2) is 0 Å². The van der Waals surface area contributed by atoms with Crippen molar-refractivity contribution in [1.82, 2.24) is 4.90 Å².